The highest BCUT2D eigenvalue weighted by Crippen LogP contribution is 2.25. The first-order valence-corrected chi connectivity index (χ1v) is 12.7. The lowest BCUT2D eigenvalue weighted by Gasteiger charge is -2.24. The zero-order valence-corrected chi connectivity index (χ0v) is 21.2. The molecule has 33 heavy (non-hydrogen) atoms. The van der Waals surface area contributed by atoms with E-state index in [4.69, 9.17) is 4.74 Å². The van der Waals surface area contributed by atoms with Crippen molar-refractivity contribution in [1.82, 2.24) is 5.43 Å². The number of hydrogen-bond acceptors (Lipinski definition) is 5. The fourth-order valence-electron chi connectivity index (χ4n) is 2.98. The third kappa shape index (κ3) is 6.55. The molecule has 7 nitrogen and oxygen atoms in total. The first kappa shape index (κ1) is 24.7. The molecule has 172 valence electrons. The number of ether oxygens (including phenoxy) is 1. The first-order chi connectivity index (χ1) is 15.8. The van der Waals surface area contributed by atoms with Gasteiger partial charge in [0.25, 0.3) is 15.9 Å². The minimum atomic E-state index is -3.99. The highest BCUT2D eigenvalue weighted by Gasteiger charge is 2.27. The molecule has 0 aliphatic heterocycles. The topological polar surface area (TPSA) is 88.1 Å². The van der Waals surface area contributed by atoms with E-state index in [1.54, 1.807) is 49.4 Å². The lowest BCUT2D eigenvalue weighted by Crippen LogP contribution is -2.39. The maximum Gasteiger partial charge on any atom is 0.264 e. The van der Waals surface area contributed by atoms with Crippen molar-refractivity contribution >= 4 is 49.9 Å². The number of hydrogen-bond donors (Lipinski definition) is 1. The molecule has 0 bridgehead atoms. The second-order valence-electron chi connectivity index (χ2n) is 6.99. The molecule has 0 radical (unpaired) electrons. The normalized spacial score (nSPS) is 11.7. The summed E-state index contributed by atoms with van der Waals surface area (Å²) < 4.78 is 34.3. The minimum Gasteiger partial charge on any atom is -0.494 e. The van der Waals surface area contributed by atoms with Gasteiger partial charge in [0.1, 0.15) is 12.3 Å². The van der Waals surface area contributed by atoms with E-state index < -0.39 is 22.5 Å². The number of hydrazone groups is 1. The van der Waals surface area contributed by atoms with Gasteiger partial charge in [0.15, 0.2) is 0 Å². The quantitative estimate of drug-likeness (QED) is 0.232. The van der Waals surface area contributed by atoms with Crippen LogP contribution in [0.5, 0.6) is 5.75 Å². The third-order valence-electron chi connectivity index (χ3n) is 4.66. The average Bonchev–Trinajstić information content (AvgIpc) is 2.83. The standard InChI is InChI=1S/C24H24IN3O4S/c1-3-32-22-15-13-21(14-16-22)28(33(30,31)23-7-5-4-6-8-23)17-24(29)27-26-18(2)19-9-11-20(25)12-10-19/h4-16H,3,17H2,1-2H3,(H,27,29)/b26-18-. The fraction of sp³-hybridized carbons (Fsp3) is 0.167. The summed E-state index contributed by atoms with van der Waals surface area (Å²) in [6.45, 7) is 3.69. The van der Waals surface area contributed by atoms with Crippen LogP contribution in [0.15, 0.2) is 88.9 Å². The number of nitrogens with one attached hydrogen (secondary N) is 1. The SMILES string of the molecule is CCOc1ccc(N(CC(=O)N/N=C(/C)c2ccc(I)cc2)S(=O)(=O)c2ccccc2)cc1. The summed E-state index contributed by atoms with van der Waals surface area (Å²) in [7, 11) is -3.99. The van der Waals surface area contributed by atoms with Gasteiger partial charge in [0.05, 0.1) is 22.9 Å². The van der Waals surface area contributed by atoms with Gasteiger partial charge in [-0.3, -0.25) is 9.10 Å². The van der Waals surface area contributed by atoms with E-state index in [0.717, 1.165) is 13.4 Å². The summed E-state index contributed by atoms with van der Waals surface area (Å²) in [5.41, 5.74) is 4.28. The van der Waals surface area contributed by atoms with Crippen LogP contribution in [0.1, 0.15) is 19.4 Å². The number of rotatable bonds is 9. The maximum absolute atomic E-state index is 13.3. The summed E-state index contributed by atoms with van der Waals surface area (Å²) in [6.07, 6.45) is 0. The van der Waals surface area contributed by atoms with Gasteiger partial charge in [-0.1, -0.05) is 30.3 Å². The van der Waals surface area contributed by atoms with Gasteiger partial charge in [-0.15, -0.1) is 0 Å². The lowest BCUT2D eigenvalue weighted by atomic mass is 10.1. The predicted molar refractivity (Wildman–Crippen MR) is 138 cm³/mol. The van der Waals surface area contributed by atoms with Gasteiger partial charge >= 0.3 is 0 Å². The number of amides is 1. The molecular weight excluding hydrogens is 553 g/mol. The number of anilines is 1. The van der Waals surface area contributed by atoms with Crippen molar-refractivity contribution in [2.45, 2.75) is 18.7 Å². The van der Waals surface area contributed by atoms with E-state index in [1.807, 2.05) is 31.2 Å². The molecule has 1 N–H and O–H groups in total. The van der Waals surface area contributed by atoms with Crippen molar-refractivity contribution < 1.29 is 17.9 Å². The Balaban J connectivity index is 1.85. The molecule has 0 aliphatic rings. The average molecular weight is 577 g/mol. The molecule has 0 saturated heterocycles. The van der Waals surface area contributed by atoms with Gasteiger partial charge in [0, 0.05) is 3.57 Å². The Labute approximate surface area is 207 Å². The molecule has 0 unspecified atom stereocenters. The van der Waals surface area contributed by atoms with E-state index in [1.165, 1.54) is 12.1 Å². The van der Waals surface area contributed by atoms with Crippen molar-refractivity contribution in [3.63, 3.8) is 0 Å². The highest BCUT2D eigenvalue weighted by atomic mass is 127. The van der Waals surface area contributed by atoms with Crippen LogP contribution < -0.4 is 14.5 Å². The Morgan fingerprint density at radius 1 is 1.00 bits per heavy atom. The van der Waals surface area contributed by atoms with E-state index in [2.05, 4.69) is 33.1 Å². The van der Waals surface area contributed by atoms with E-state index >= 15 is 0 Å². The smallest absolute Gasteiger partial charge is 0.264 e. The largest absolute Gasteiger partial charge is 0.494 e. The van der Waals surface area contributed by atoms with Gasteiger partial charge < -0.3 is 4.74 Å². The molecule has 0 fully saturated rings. The summed E-state index contributed by atoms with van der Waals surface area (Å²) in [5, 5.41) is 4.14. The molecule has 0 spiro atoms. The number of nitrogens with zero attached hydrogens (tertiary/aromatic N) is 2. The Morgan fingerprint density at radius 2 is 1.64 bits per heavy atom. The predicted octanol–water partition coefficient (Wildman–Crippen LogP) is 4.43. The molecule has 0 saturated carbocycles. The van der Waals surface area contributed by atoms with Crippen LogP contribution in [-0.2, 0) is 14.8 Å². The highest BCUT2D eigenvalue weighted by molar-refractivity contribution is 14.1. The van der Waals surface area contributed by atoms with E-state index in [-0.39, 0.29) is 4.90 Å². The molecular formula is C24H24IN3O4S. The van der Waals surface area contributed by atoms with E-state index in [0.29, 0.717) is 23.8 Å². The Hall–Kier alpha value is -2.92. The summed E-state index contributed by atoms with van der Waals surface area (Å²) in [6, 6.07) is 22.2. The van der Waals surface area contributed by atoms with Crippen molar-refractivity contribution in [1.29, 1.82) is 0 Å². The summed E-state index contributed by atoms with van der Waals surface area (Å²) in [5.74, 6) is 0.0498. The summed E-state index contributed by atoms with van der Waals surface area (Å²) in [4.78, 5) is 12.8. The van der Waals surface area contributed by atoms with Gasteiger partial charge in [-0.2, -0.15) is 5.10 Å². The summed E-state index contributed by atoms with van der Waals surface area (Å²) >= 11 is 2.21. The number of carbonyl (C=O) groups is 1. The monoisotopic (exact) mass is 577 g/mol. The van der Waals surface area contributed by atoms with Crippen LogP contribution >= 0.6 is 22.6 Å². The second kappa shape index (κ2) is 11.3. The third-order valence-corrected chi connectivity index (χ3v) is 7.17. The minimum absolute atomic E-state index is 0.0882. The molecule has 3 aromatic carbocycles. The zero-order chi connectivity index (χ0) is 23.8. The van der Waals surface area contributed by atoms with Crippen LogP contribution in [0.3, 0.4) is 0 Å². The first-order valence-electron chi connectivity index (χ1n) is 10.2. The maximum atomic E-state index is 13.3. The molecule has 9 heteroatoms. The number of carbonyl (C=O) groups excluding carboxylic acids is 1. The lowest BCUT2D eigenvalue weighted by molar-refractivity contribution is -0.119. The van der Waals surface area contributed by atoms with Gasteiger partial charge in [-0.25, -0.2) is 13.8 Å². The molecule has 0 atom stereocenters. The molecule has 1 amide bonds. The van der Waals surface area contributed by atoms with Gasteiger partial charge in [0.2, 0.25) is 0 Å². The van der Waals surface area contributed by atoms with Crippen molar-refractivity contribution in [3.8, 4) is 5.75 Å². The number of benzene rings is 3. The van der Waals surface area contributed by atoms with Crippen LogP contribution in [-0.4, -0.2) is 33.2 Å². The molecule has 0 heterocycles. The zero-order valence-electron chi connectivity index (χ0n) is 18.2. The Morgan fingerprint density at radius 3 is 2.24 bits per heavy atom. The van der Waals surface area contributed by atoms with Gasteiger partial charge in [-0.05, 0) is 90.5 Å². The van der Waals surface area contributed by atoms with Crippen LogP contribution in [0.4, 0.5) is 5.69 Å². The molecule has 0 aliphatic carbocycles. The Kier molecular flexibility index (Phi) is 8.45. The van der Waals surface area contributed by atoms with Crippen molar-refractivity contribution in [3.05, 3.63) is 88.0 Å². The number of sulfonamides is 1. The van der Waals surface area contributed by atoms with Crippen LogP contribution in [0, 0.1) is 3.57 Å². The Bertz CT molecular complexity index is 1210. The van der Waals surface area contributed by atoms with Crippen molar-refractivity contribution in [2.24, 2.45) is 5.10 Å². The molecule has 3 rings (SSSR count). The van der Waals surface area contributed by atoms with E-state index in [9.17, 15) is 13.2 Å². The number of halogens is 1. The molecule has 3 aromatic rings. The fourth-order valence-corrected chi connectivity index (χ4v) is 4.78. The van der Waals surface area contributed by atoms with Crippen molar-refractivity contribution in [2.75, 3.05) is 17.5 Å². The second-order valence-corrected chi connectivity index (χ2v) is 10.1. The van der Waals surface area contributed by atoms with Crippen LogP contribution in [0.2, 0.25) is 0 Å². The molecule has 0 aromatic heterocycles. The van der Waals surface area contributed by atoms with Crippen LogP contribution in [0.25, 0.3) is 0 Å².